The minimum atomic E-state index is -0.723. The third kappa shape index (κ3) is 2.34. The van der Waals surface area contributed by atoms with Crippen molar-refractivity contribution in [1.82, 2.24) is 5.32 Å². The molecular formula is C11H18ClNO3. The summed E-state index contributed by atoms with van der Waals surface area (Å²) in [6.07, 6.45) is 3.48. The van der Waals surface area contributed by atoms with Crippen LogP contribution in [0, 0.1) is 11.8 Å². The Morgan fingerprint density at radius 2 is 2.19 bits per heavy atom. The smallest absolute Gasteiger partial charge is 0.306 e. The number of carboxylic acid groups (broad SMARTS) is 1. The Hall–Kier alpha value is -0.320. The molecule has 92 valence electrons. The molecule has 1 aliphatic heterocycles. The molecular weight excluding hydrogens is 230 g/mol. The van der Waals surface area contributed by atoms with Crippen LogP contribution in [0.2, 0.25) is 0 Å². The van der Waals surface area contributed by atoms with Crippen molar-refractivity contribution in [2.24, 2.45) is 11.8 Å². The molecule has 1 aliphatic carbocycles. The van der Waals surface area contributed by atoms with E-state index in [1.807, 2.05) is 0 Å². The summed E-state index contributed by atoms with van der Waals surface area (Å²) < 4.78 is 5.34. The van der Waals surface area contributed by atoms with Crippen molar-refractivity contribution in [3.05, 3.63) is 0 Å². The SMILES string of the molecule is CO[C@H]1CC[C@H]2N[C@@H](Cl)C[C@@H](C(=O)O)[C@@H]2C1. The van der Waals surface area contributed by atoms with E-state index in [4.69, 9.17) is 16.3 Å². The van der Waals surface area contributed by atoms with Crippen LogP contribution in [0.15, 0.2) is 0 Å². The number of carboxylic acids is 1. The molecule has 0 radical (unpaired) electrons. The highest BCUT2D eigenvalue weighted by atomic mass is 35.5. The number of alkyl halides is 1. The summed E-state index contributed by atoms with van der Waals surface area (Å²) in [6, 6.07) is 0.240. The van der Waals surface area contributed by atoms with Crippen LogP contribution in [0.5, 0.6) is 0 Å². The molecule has 16 heavy (non-hydrogen) atoms. The van der Waals surface area contributed by atoms with Gasteiger partial charge in [-0.25, -0.2) is 0 Å². The molecule has 5 heteroatoms. The fraction of sp³-hybridized carbons (Fsp3) is 0.909. The van der Waals surface area contributed by atoms with Crippen molar-refractivity contribution in [2.45, 2.75) is 43.3 Å². The van der Waals surface area contributed by atoms with Gasteiger partial charge in [0.1, 0.15) is 0 Å². The minimum absolute atomic E-state index is 0.159. The van der Waals surface area contributed by atoms with E-state index in [2.05, 4.69) is 5.32 Å². The maximum Gasteiger partial charge on any atom is 0.306 e. The van der Waals surface area contributed by atoms with Gasteiger partial charge < -0.3 is 9.84 Å². The highest BCUT2D eigenvalue weighted by Crippen LogP contribution is 2.38. The zero-order valence-corrected chi connectivity index (χ0v) is 10.1. The van der Waals surface area contributed by atoms with Gasteiger partial charge in [0.2, 0.25) is 0 Å². The molecule has 2 rings (SSSR count). The lowest BCUT2D eigenvalue weighted by Gasteiger charge is -2.44. The van der Waals surface area contributed by atoms with E-state index in [1.165, 1.54) is 0 Å². The second-order valence-electron chi connectivity index (χ2n) is 4.76. The number of aliphatic carboxylic acids is 1. The maximum atomic E-state index is 11.2. The molecule has 1 saturated heterocycles. The maximum absolute atomic E-state index is 11.2. The first kappa shape index (κ1) is 12.1. The lowest BCUT2D eigenvalue weighted by atomic mass is 9.72. The first-order valence-electron chi connectivity index (χ1n) is 5.77. The number of methoxy groups -OCH3 is 1. The van der Waals surface area contributed by atoms with Gasteiger partial charge in [-0.2, -0.15) is 0 Å². The number of fused-ring (bicyclic) bond motifs is 1. The summed E-state index contributed by atoms with van der Waals surface area (Å²) in [4.78, 5) is 11.2. The van der Waals surface area contributed by atoms with Crippen molar-refractivity contribution >= 4 is 17.6 Å². The molecule has 1 saturated carbocycles. The zero-order valence-electron chi connectivity index (χ0n) is 9.36. The molecule has 0 spiro atoms. The lowest BCUT2D eigenvalue weighted by molar-refractivity contribution is -0.147. The number of piperidine rings is 1. The topological polar surface area (TPSA) is 58.6 Å². The molecule has 2 fully saturated rings. The van der Waals surface area contributed by atoms with Crippen molar-refractivity contribution in [3.8, 4) is 0 Å². The number of ether oxygens (including phenoxy) is 1. The molecule has 0 unspecified atom stereocenters. The van der Waals surface area contributed by atoms with E-state index >= 15 is 0 Å². The van der Waals surface area contributed by atoms with Crippen molar-refractivity contribution in [3.63, 3.8) is 0 Å². The standard InChI is InChI=1S/C11H18ClNO3/c1-16-6-2-3-9-7(4-6)8(11(14)15)5-10(12)13-9/h6-10,13H,2-5H2,1H3,(H,14,15)/t6-,7-,8+,9+,10+/m0/s1. The van der Waals surface area contributed by atoms with Gasteiger partial charge in [-0.3, -0.25) is 10.1 Å². The summed E-state index contributed by atoms with van der Waals surface area (Å²) in [7, 11) is 1.70. The second kappa shape index (κ2) is 4.90. The Labute approximate surface area is 100 Å². The Morgan fingerprint density at radius 3 is 2.81 bits per heavy atom. The van der Waals surface area contributed by atoms with Gasteiger partial charge in [-0.05, 0) is 31.6 Å². The number of hydrogen-bond donors (Lipinski definition) is 2. The van der Waals surface area contributed by atoms with Gasteiger partial charge in [0.05, 0.1) is 17.5 Å². The average molecular weight is 248 g/mol. The first-order chi connectivity index (χ1) is 7.61. The van der Waals surface area contributed by atoms with E-state index in [-0.39, 0.29) is 29.5 Å². The molecule has 0 bridgehead atoms. The van der Waals surface area contributed by atoms with Gasteiger partial charge in [-0.1, -0.05) is 0 Å². The second-order valence-corrected chi connectivity index (χ2v) is 5.28. The average Bonchev–Trinajstić information content (AvgIpc) is 2.27. The number of halogens is 1. The molecule has 2 N–H and O–H groups in total. The van der Waals surface area contributed by atoms with Crippen molar-refractivity contribution < 1.29 is 14.6 Å². The number of rotatable bonds is 2. The third-order valence-electron chi connectivity index (χ3n) is 3.87. The van der Waals surface area contributed by atoms with Gasteiger partial charge in [-0.15, -0.1) is 11.6 Å². The molecule has 5 atom stereocenters. The van der Waals surface area contributed by atoms with Gasteiger partial charge >= 0.3 is 5.97 Å². The summed E-state index contributed by atoms with van der Waals surface area (Å²) in [5.74, 6) is -0.892. The van der Waals surface area contributed by atoms with Gasteiger partial charge in [0.25, 0.3) is 0 Å². The molecule has 4 nitrogen and oxygen atoms in total. The van der Waals surface area contributed by atoms with Gasteiger partial charge in [0, 0.05) is 13.2 Å². The molecule has 0 aromatic heterocycles. The minimum Gasteiger partial charge on any atom is -0.481 e. The normalized spacial score (nSPS) is 43.8. The van der Waals surface area contributed by atoms with Crippen LogP contribution >= 0.6 is 11.6 Å². The van der Waals surface area contributed by atoms with Crippen LogP contribution in [0.3, 0.4) is 0 Å². The molecule has 0 amide bonds. The van der Waals surface area contributed by atoms with Crippen molar-refractivity contribution in [2.75, 3.05) is 7.11 Å². The molecule has 0 aromatic rings. The fourth-order valence-electron chi connectivity index (χ4n) is 3.01. The highest BCUT2D eigenvalue weighted by molar-refractivity contribution is 6.20. The van der Waals surface area contributed by atoms with E-state index in [0.717, 1.165) is 19.3 Å². The quantitative estimate of drug-likeness (QED) is 0.573. The Balaban J connectivity index is 2.10. The Kier molecular flexibility index (Phi) is 3.72. The summed E-state index contributed by atoms with van der Waals surface area (Å²) in [5.41, 5.74) is -0.207. The van der Waals surface area contributed by atoms with Crippen LogP contribution in [-0.4, -0.2) is 35.8 Å². The predicted molar refractivity (Wildman–Crippen MR) is 60.4 cm³/mol. The Morgan fingerprint density at radius 1 is 1.44 bits per heavy atom. The molecule has 0 aromatic carbocycles. The van der Waals surface area contributed by atoms with Crippen LogP contribution in [0.1, 0.15) is 25.7 Å². The fourth-order valence-corrected chi connectivity index (χ4v) is 3.37. The predicted octanol–water partition coefficient (Wildman–Crippen LogP) is 1.43. The largest absolute Gasteiger partial charge is 0.481 e. The third-order valence-corrected chi connectivity index (χ3v) is 4.18. The monoisotopic (exact) mass is 247 g/mol. The lowest BCUT2D eigenvalue weighted by Crippen LogP contribution is -2.54. The molecule has 1 heterocycles. The van der Waals surface area contributed by atoms with Crippen LogP contribution in [0.25, 0.3) is 0 Å². The number of hydrogen-bond acceptors (Lipinski definition) is 3. The number of carbonyl (C=O) groups is 1. The Bertz CT molecular complexity index is 274. The highest BCUT2D eigenvalue weighted by Gasteiger charge is 2.43. The van der Waals surface area contributed by atoms with E-state index in [9.17, 15) is 9.90 Å². The van der Waals surface area contributed by atoms with Crippen LogP contribution in [-0.2, 0) is 9.53 Å². The van der Waals surface area contributed by atoms with Crippen LogP contribution in [0.4, 0.5) is 0 Å². The van der Waals surface area contributed by atoms with E-state index in [1.54, 1.807) is 7.11 Å². The van der Waals surface area contributed by atoms with E-state index < -0.39 is 5.97 Å². The van der Waals surface area contributed by atoms with Crippen LogP contribution < -0.4 is 5.32 Å². The molecule has 2 aliphatic rings. The van der Waals surface area contributed by atoms with Crippen molar-refractivity contribution in [1.29, 1.82) is 0 Å². The summed E-state index contributed by atoms with van der Waals surface area (Å²) in [6.45, 7) is 0. The first-order valence-corrected chi connectivity index (χ1v) is 6.21. The summed E-state index contributed by atoms with van der Waals surface area (Å²) in [5, 5.41) is 12.5. The number of nitrogens with one attached hydrogen (secondary N) is 1. The zero-order chi connectivity index (χ0) is 11.7. The van der Waals surface area contributed by atoms with Gasteiger partial charge in [0.15, 0.2) is 0 Å². The van der Waals surface area contributed by atoms with E-state index in [0.29, 0.717) is 6.42 Å². The summed E-state index contributed by atoms with van der Waals surface area (Å²) >= 11 is 6.04.